The second-order valence-electron chi connectivity index (χ2n) is 11.3. The second-order valence-corrected chi connectivity index (χ2v) is 11.3. The van der Waals surface area contributed by atoms with E-state index in [1.807, 2.05) is 0 Å². The molecule has 2 aliphatic heterocycles. The van der Waals surface area contributed by atoms with Crippen molar-refractivity contribution < 1.29 is 56.3 Å². The summed E-state index contributed by atoms with van der Waals surface area (Å²) in [4.78, 5) is 29.7. The molecule has 12 nitrogen and oxygen atoms in total. The predicted octanol–water partition coefficient (Wildman–Crippen LogP) is 4.32. The minimum atomic E-state index is -2.94. The summed E-state index contributed by atoms with van der Waals surface area (Å²) in [6.45, 7) is 0.901. The Morgan fingerprint density at radius 3 is 1.96 bits per heavy atom. The molecule has 2 aliphatic rings. The molecule has 0 aliphatic carbocycles. The Kier molecular flexibility index (Phi) is 12.7. The third-order valence-electron chi connectivity index (χ3n) is 8.04. The molecule has 1 fully saturated rings. The molecule has 14 heteroatoms. The number of rotatable bonds is 7. The van der Waals surface area contributed by atoms with E-state index in [4.69, 9.17) is 37.9 Å². The van der Waals surface area contributed by atoms with Gasteiger partial charge in [0.05, 0.1) is 73.0 Å². The van der Waals surface area contributed by atoms with Crippen LogP contribution in [0.15, 0.2) is 24.3 Å². The maximum absolute atomic E-state index is 15.0. The molecule has 2 aromatic carbocycles. The van der Waals surface area contributed by atoms with Crippen molar-refractivity contribution in [1.82, 2.24) is 9.80 Å². The van der Waals surface area contributed by atoms with Gasteiger partial charge in [-0.1, -0.05) is 0 Å². The zero-order chi connectivity index (χ0) is 34.0. The Morgan fingerprint density at radius 1 is 0.745 bits per heavy atom. The van der Waals surface area contributed by atoms with Gasteiger partial charge in [0, 0.05) is 26.2 Å². The Balaban J connectivity index is 1.59. The van der Waals surface area contributed by atoms with Gasteiger partial charge in [-0.25, -0.2) is 18.4 Å². The number of cyclic esters (lactones) is 1. The van der Waals surface area contributed by atoms with Gasteiger partial charge in [0.15, 0.2) is 23.0 Å². The zero-order valence-corrected chi connectivity index (χ0v) is 27.6. The van der Waals surface area contributed by atoms with E-state index in [-0.39, 0.29) is 35.8 Å². The number of esters is 2. The predicted molar refractivity (Wildman–Crippen MR) is 167 cm³/mol. The molecular weight excluding hydrogens is 622 g/mol. The van der Waals surface area contributed by atoms with Crippen LogP contribution in [-0.2, 0) is 9.47 Å². The summed E-state index contributed by atoms with van der Waals surface area (Å²) in [7, 11) is 7.27. The summed E-state index contributed by atoms with van der Waals surface area (Å²) in [5, 5.41) is 0. The maximum Gasteiger partial charge on any atom is 0.338 e. The molecule has 47 heavy (non-hydrogen) atoms. The number of methoxy groups -OCH3 is 5. The van der Waals surface area contributed by atoms with Crippen molar-refractivity contribution in [2.24, 2.45) is 0 Å². The highest BCUT2D eigenvalue weighted by atomic mass is 19.3. The number of hydrogen-bond acceptors (Lipinski definition) is 12. The number of benzene rings is 2. The van der Waals surface area contributed by atoms with Crippen molar-refractivity contribution in [3.8, 4) is 34.5 Å². The molecule has 1 saturated heterocycles. The van der Waals surface area contributed by atoms with E-state index in [1.54, 1.807) is 9.80 Å². The van der Waals surface area contributed by atoms with Gasteiger partial charge in [-0.3, -0.25) is 9.80 Å². The fourth-order valence-electron chi connectivity index (χ4n) is 5.72. The Bertz CT molecular complexity index is 1350. The van der Waals surface area contributed by atoms with Crippen molar-refractivity contribution >= 4 is 11.9 Å². The molecule has 2 aromatic rings. The number of fused-ring (bicyclic) bond motifs is 5. The highest BCUT2D eigenvalue weighted by Crippen LogP contribution is 2.40. The third kappa shape index (κ3) is 9.50. The van der Waals surface area contributed by atoms with E-state index in [0.717, 1.165) is 0 Å². The lowest BCUT2D eigenvalue weighted by molar-refractivity contribution is -0.0407. The summed E-state index contributed by atoms with van der Waals surface area (Å²) < 4.78 is 74.5. The first-order valence-electron chi connectivity index (χ1n) is 15.5. The van der Waals surface area contributed by atoms with Crippen molar-refractivity contribution in [3.63, 3.8) is 0 Å². The molecule has 3 atom stereocenters. The molecule has 0 saturated carbocycles. The Morgan fingerprint density at radius 2 is 1.34 bits per heavy atom. The van der Waals surface area contributed by atoms with Crippen molar-refractivity contribution in [2.45, 2.75) is 37.7 Å². The monoisotopic (exact) mass is 666 g/mol. The van der Waals surface area contributed by atoms with Gasteiger partial charge in [-0.05, 0) is 49.9 Å². The van der Waals surface area contributed by atoms with Crippen LogP contribution < -0.4 is 28.4 Å². The molecular formula is C33H44F2N2O10. The summed E-state index contributed by atoms with van der Waals surface area (Å²) in [5.41, 5.74) is 0.383. The number of hydrogen-bond donors (Lipinski definition) is 0. The Labute approximate surface area is 273 Å². The minimum absolute atomic E-state index is 0.0636. The quantitative estimate of drug-likeness (QED) is 0.392. The van der Waals surface area contributed by atoms with E-state index in [1.165, 1.54) is 59.8 Å². The smallest absolute Gasteiger partial charge is 0.338 e. The van der Waals surface area contributed by atoms with Crippen LogP contribution in [0.3, 0.4) is 0 Å². The number of carbonyl (C=O) groups is 2. The van der Waals surface area contributed by atoms with Gasteiger partial charge in [0.25, 0.3) is 5.92 Å². The third-order valence-corrected chi connectivity index (χ3v) is 8.04. The van der Waals surface area contributed by atoms with Crippen LogP contribution in [0.1, 0.15) is 46.4 Å². The molecule has 0 N–H and O–H groups in total. The van der Waals surface area contributed by atoms with Gasteiger partial charge in [-0.15, -0.1) is 0 Å². The molecule has 260 valence electrons. The molecule has 0 spiro atoms. The number of ether oxygens (including phenoxy) is 8. The van der Waals surface area contributed by atoms with Crippen LogP contribution in [0.25, 0.3) is 0 Å². The molecule has 0 aromatic heterocycles. The van der Waals surface area contributed by atoms with E-state index in [0.29, 0.717) is 74.9 Å². The number of nitrogens with zero attached hydrogens (tertiary/aromatic N) is 2. The number of halogens is 2. The first-order valence-corrected chi connectivity index (χ1v) is 15.5. The zero-order valence-electron chi connectivity index (χ0n) is 27.6. The highest BCUT2D eigenvalue weighted by molar-refractivity contribution is 5.92. The average molecular weight is 667 g/mol. The lowest BCUT2D eigenvalue weighted by Gasteiger charge is -2.26. The van der Waals surface area contributed by atoms with Crippen LogP contribution in [0.5, 0.6) is 34.5 Å². The molecule has 0 amide bonds. The fourth-order valence-corrected chi connectivity index (χ4v) is 5.72. The average Bonchev–Trinajstić information content (AvgIpc) is 3.21. The van der Waals surface area contributed by atoms with Crippen molar-refractivity contribution in [3.05, 3.63) is 35.4 Å². The molecule has 4 bridgehead atoms. The SMILES string of the molecule is COc1cc(C(=O)OC2CCCOc3cc(cc(OC)c3OC)C(=O)OCCCN3CCN(CC2)CC(F)(F)C3)cc(OC)c1OC. The van der Waals surface area contributed by atoms with Crippen molar-refractivity contribution in [1.29, 1.82) is 0 Å². The largest absolute Gasteiger partial charge is 0.493 e. The topological polar surface area (TPSA) is 114 Å². The van der Waals surface area contributed by atoms with Crippen LogP contribution in [0.2, 0.25) is 0 Å². The number of carbonyl (C=O) groups excluding carboxylic acids is 2. The summed E-state index contributed by atoms with van der Waals surface area (Å²) in [5.74, 6) is -2.36. The summed E-state index contributed by atoms with van der Waals surface area (Å²) >= 11 is 0. The normalized spacial score (nSPS) is 22.2. The van der Waals surface area contributed by atoms with Crippen molar-refractivity contribution in [2.75, 3.05) is 88.0 Å². The summed E-state index contributed by atoms with van der Waals surface area (Å²) in [6.07, 6.45) is 0.877. The van der Waals surface area contributed by atoms with Crippen LogP contribution >= 0.6 is 0 Å². The fraction of sp³-hybridized carbons (Fsp3) is 0.576. The van der Waals surface area contributed by atoms with Crippen LogP contribution in [0.4, 0.5) is 8.78 Å². The second kappa shape index (κ2) is 16.7. The van der Waals surface area contributed by atoms with E-state index in [9.17, 15) is 18.4 Å². The van der Waals surface area contributed by atoms with Gasteiger partial charge in [-0.2, -0.15) is 0 Å². The van der Waals surface area contributed by atoms with E-state index < -0.39 is 37.1 Å². The first-order chi connectivity index (χ1) is 22.6. The lowest BCUT2D eigenvalue weighted by Crippen LogP contribution is -2.40. The highest BCUT2D eigenvalue weighted by Gasteiger charge is 2.37. The molecule has 0 radical (unpaired) electrons. The standard InChI is InChI=1S/C33H44F2N2O10/c1-40-25-17-23(18-26(41-2)29(25)43-4)32(39)47-24-8-6-14-45-28-19-22(16-27(42-3)30(28)44-5)31(38)46-15-7-10-36-12-13-37(11-9-24)21-33(34,35)20-36/h16-19,24H,6-15,20-21H2,1-5H3. The van der Waals surface area contributed by atoms with Crippen LogP contribution in [0, 0.1) is 0 Å². The Hall–Kier alpha value is -4.04. The van der Waals surface area contributed by atoms with E-state index >= 15 is 0 Å². The molecule has 4 rings (SSSR count). The number of alkyl halides is 2. The molecule has 3 unspecified atom stereocenters. The minimum Gasteiger partial charge on any atom is -0.493 e. The lowest BCUT2D eigenvalue weighted by atomic mass is 10.1. The van der Waals surface area contributed by atoms with Crippen LogP contribution in [-0.4, -0.2) is 122 Å². The van der Waals surface area contributed by atoms with Gasteiger partial charge >= 0.3 is 11.9 Å². The van der Waals surface area contributed by atoms with Gasteiger partial charge in [0.1, 0.15) is 6.10 Å². The van der Waals surface area contributed by atoms with Gasteiger partial charge < -0.3 is 37.9 Å². The maximum atomic E-state index is 15.0. The summed E-state index contributed by atoms with van der Waals surface area (Å²) in [6, 6.07) is 6.01. The molecule has 2 heterocycles. The van der Waals surface area contributed by atoms with Gasteiger partial charge in [0.2, 0.25) is 11.5 Å². The first kappa shape index (κ1) is 35.8. The van der Waals surface area contributed by atoms with E-state index in [2.05, 4.69) is 0 Å².